The highest BCUT2D eigenvalue weighted by Crippen LogP contribution is 2.35. The van der Waals surface area contributed by atoms with Crippen LogP contribution in [0.4, 0.5) is 5.69 Å². The number of aromatic nitrogens is 1. The maximum Gasteiger partial charge on any atom is 0.273 e. The number of carbonyl (C=O) groups excluding carboxylic acids is 1. The summed E-state index contributed by atoms with van der Waals surface area (Å²) < 4.78 is 37.8. The van der Waals surface area contributed by atoms with Gasteiger partial charge in [0.1, 0.15) is 22.3 Å². The summed E-state index contributed by atoms with van der Waals surface area (Å²) in [6.07, 6.45) is 0. The van der Waals surface area contributed by atoms with Crippen molar-refractivity contribution in [2.24, 2.45) is 5.73 Å². The highest BCUT2D eigenvalue weighted by atomic mass is 32.2. The number of sulfonamides is 1. The Balaban J connectivity index is 2.12. The molecule has 3 aromatic rings. The number of nitrogens with two attached hydrogens (primary N) is 1. The molecule has 0 aliphatic carbocycles. The van der Waals surface area contributed by atoms with Gasteiger partial charge in [0.15, 0.2) is 0 Å². The van der Waals surface area contributed by atoms with E-state index in [0.29, 0.717) is 35.6 Å². The number of rotatable bonds is 8. The van der Waals surface area contributed by atoms with E-state index < -0.39 is 15.9 Å². The molecule has 8 nitrogen and oxygen atoms in total. The standard InChI is InChI=1S/C17H19N3O5S2/c1-20(27(22,23)15-4-3-7-26-15)14-10-12(25-6-5-24-2)8-11-9-13(17(18)21)19-16(11)14/h3-4,7-10,19H,5-6H2,1-2H3,(H2,18,21). The maximum absolute atomic E-state index is 12.9. The summed E-state index contributed by atoms with van der Waals surface area (Å²) in [5, 5.41) is 2.31. The van der Waals surface area contributed by atoms with Crippen molar-refractivity contribution < 1.29 is 22.7 Å². The van der Waals surface area contributed by atoms with E-state index in [4.69, 9.17) is 15.2 Å². The number of hydrogen-bond acceptors (Lipinski definition) is 6. The Labute approximate surface area is 160 Å². The van der Waals surface area contributed by atoms with E-state index in [1.54, 1.807) is 36.8 Å². The smallest absolute Gasteiger partial charge is 0.273 e. The Morgan fingerprint density at radius 2 is 2.07 bits per heavy atom. The van der Waals surface area contributed by atoms with Gasteiger partial charge in [-0.15, -0.1) is 11.3 Å². The van der Waals surface area contributed by atoms with Gasteiger partial charge in [-0.1, -0.05) is 6.07 Å². The van der Waals surface area contributed by atoms with Crippen LogP contribution in [0.1, 0.15) is 10.5 Å². The van der Waals surface area contributed by atoms with Gasteiger partial charge in [-0.25, -0.2) is 8.42 Å². The zero-order valence-electron chi connectivity index (χ0n) is 14.8. The molecule has 144 valence electrons. The second-order valence-electron chi connectivity index (χ2n) is 5.70. The molecular formula is C17H19N3O5S2. The normalized spacial score (nSPS) is 11.6. The zero-order chi connectivity index (χ0) is 19.6. The van der Waals surface area contributed by atoms with Crippen LogP contribution in [0.5, 0.6) is 5.75 Å². The minimum Gasteiger partial charge on any atom is -0.491 e. The Morgan fingerprint density at radius 3 is 2.70 bits per heavy atom. The molecule has 0 saturated carbocycles. The predicted molar refractivity (Wildman–Crippen MR) is 104 cm³/mol. The molecule has 10 heteroatoms. The summed E-state index contributed by atoms with van der Waals surface area (Å²) >= 11 is 1.13. The molecule has 1 amide bonds. The van der Waals surface area contributed by atoms with Crippen LogP contribution >= 0.6 is 11.3 Å². The topological polar surface area (TPSA) is 115 Å². The molecule has 0 radical (unpaired) electrons. The number of amides is 1. The third-order valence-electron chi connectivity index (χ3n) is 3.95. The first-order valence-electron chi connectivity index (χ1n) is 7.95. The van der Waals surface area contributed by atoms with E-state index in [1.807, 2.05) is 0 Å². The molecule has 2 heterocycles. The van der Waals surface area contributed by atoms with Crippen LogP contribution in [0.15, 0.2) is 39.9 Å². The molecule has 2 aromatic heterocycles. The van der Waals surface area contributed by atoms with Gasteiger partial charge in [-0.05, 0) is 23.6 Å². The van der Waals surface area contributed by atoms with Crippen molar-refractivity contribution in [3.63, 3.8) is 0 Å². The number of nitrogens with zero attached hydrogens (tertiary/aromatic N) is 1. The van der Waals surface area contributed by atoms with Crippen LogP contribution in [-0.2, 0) is 14.8 Å². The van der Waals surface area contributed by atoms with E-state index in [9.17, 15) is 13.2 Å². The summed E-state index contributed by atoms with van der Waals surface area (Å²) in [7, 11) is -0.746. The van der Waals surface area contributed by atoms with Crippen LogP contribution in [-0.4, -0.2) is 46.7 Å². The molecule has 1 aromatic carbocycles. The summed E-state index contributed by atoms with van der Waals surface area (Å²) in [6.45, 7) is 0.687. The second kappa shape index (κ2) is 7.59. The van der Waals surface area contributed by atoms with Crippen LogP contribution in [0.3, 0.4) is 0 Å². The number of benzene rings is 1. The third-order valence-corrected chi connectivity index (χ3v) is 7.10. The van der Waals surface area contributed by atoms with E-state index in [2.05, 4.69) is 4.98 Å². The monoisotopic (exact) mass is 409 g/mol. The van der Waals surface area contributed by atoms with Crippen LogP contribution in [0.2, 0.25) is 0 Å². The lowest BCUT2D eigenvalue weighted by Gasteiger charge is -2.20. The molecule has 0 saturated heterocycles. The fraction of sp³-hybridized carbons (Fsp3) is 0.235. The van der Waals surface area contributed by atoms with Crippen molar-refractivity contribution in [2.75, 3.05) is 31.7 Å². The fourth-order valence-electron chi connectivity index (χ4n) is 2.58. The Hall–Kier alpha value is -2.56. The van der Waals surface area contributed by atoms with Gasteiger partial charge in [0.2, 0.25) is 0 Å². The number of fused-ring (bicyclic) bond motifs is 1. The van der Waals surface area contributed by atoms with Crippen molar-refractivity contribution in [3.8, 4) is 5.75 Å². The average Bonchev–Trinajstić information content (AvgIpc) is 3.30. The quantitative estimate of drug-likeness (QED) is 0.554. The molecule has 0 aliphatic rings. The highest BCUT2D eigenvalue weighted by Gasteiger charge is 2.25. The summed E-state index contributed by atoms with van der Waals surface area (Å²) in [6, 6.07) is 8.09. The molecule has 3 N–H and O–H groups in total. The predicted octanol–water partition coefficient (Wildman–Crippen LogP) is 2.18. The molecule has 0 bridgehead atoms. The van der Waals surface area contributed by atoms with Gasteiger partial charge in [-0.3, -0.25) is 9.10 Å². The summed E-state index contributed by atoms with van der Waals surface area (Å²) in [5.41, 5.74) is 6.36. The van der Waals surface area contributed by atoms with E-state index in [-0.39, 0.29) is 9.90 Å². The minimum absolute atomic E-state index is 0.183. The van der Waals surface area contributed by atoms with Crippen molar-refractivity contribution in [1.29, 1.82) is 0 Å². The van der Waals surface area contributed by atoms with Crippen molar-refractivity contribution >= 4 is 43.9 Å². The molecular weight excluding hydrogens is 390 g/mol. The number of aromatic amines is 1. The highest BCUT2D eigenvalue weighted by molar-refractivity contribution is 7.94. The van der Waals surface area contributed by atoms with Crippen LogP contribution < -0.4 is 14.8 Å². The van der Waals surface area contributed by atoms with Crippen molar-refractivity contribution in [3.05, 3.63) is 41.4 Å². The molecule has 3 rings (SSSR count). The van der Waals surface area contributed by atoms with E-state index in [1.165, 1.54) is 13.1 Å². The van der Waals surface area contributed by atoms with Crippen molar-refractivity contribution in [2.45, 2.75) is 4.21 Å². The summed E-state index contributed by atoms with van der Waals surface area (Å²) in [5.74, 6) is -0.180. The van der Waals surface area contributed by atoms with Gasteiger partial charge >= 0.3 is 0 Å². The lowest BCUT2D eigenvalue weighted by molar-refractivity contribution is 0.0996. The molecule has 27 heavy (non-hydrogen) atoms. The SMILES string of the molecule is COCCOc1cc(N(C)S(=O)(=O)c2cccs2)c2[nH]c(C(N)=O)cc2c1. The Bertz CT molecular complexity index is 1060. The number of ether oxygens (including phenoxy) is 2. The van der Waals surface area contributed by atoms with Gasteiger partial charge in [0, 0.05) is 25.6 Å². The van der Waals surface area contributed by atoms with Gasteiger partial charge in [0.25, 0.3) is 15.9 Å². The van der Waals surface area contributed by atoms with Gasteiger partial charge < -0.3 is 20.2 Å². The number of thiophene rings is 1. The molecule has 0 spiro atoms. The first-order chi connectivity index (χ1) is 12.8. The average molecular weight is 409 g/mol. The Morgan fingerprint density at radius 1 is 1.30 bits per heavy atom. The molecule has 0 atom stereocenters. The second-order valence-corrected chi connectivity index (χ2v) is 8.84. The number of hydrogen-bond donors (Lipinski definition) is 2. The molecule has 0 unspecified atom stereocenters. The van der Waals surface area contributed by atoms with E-state index in [0.717, 1.165) is 15.6 Å². The number of methoxy groups -OCH3 is 1. The molecule has 0 aliphatic heterocycles. The first-order valence-corrected chi connectivity index (χ1v) is 10.3. The summed E-state index contributed by atoms with van der Waals surface area (Å²) in [4.78, 5) is 14.4. The lowest BCUT2D eigenvalue weighted by atomic mass is 10.2. The third kappa shape index (κ3) is 3.77. The van der Waals surface area contributed by atoms with Gasteiger partial charge in [-0.2, -0.15) is 0 Å². The number of anilines is 1. The van der Waals surface area contributed by atoms with Crippen LogP contribution in [0.25, 0.3) is 10.9 Å². The lowest BCUT2D eigenvalue weighted by Crippen LogP contribution is -2.26. The largest absolute Gasteiger partial charge is 0.491 e. The van der Waals surface area contributed by atoms with Crippen LogP contribution in [0, 0.1) is 0 Å². The first kappa shape index (κ1) is 19.2. The number of primary amides is 1. The number of nitrogens with one attached hydrogen (secondary N) is 1. The maximum atomic E-state index is 12.9. The number of carbonyl (C=O) groups is 1. The minimum atomic E-state index is -3.76. The number of H-pyrrole nitrogens is 1. The zero-order valence-corrected chi connectivity index (χ0v) is 16.4. The van der Waals surface area contributed by atoms with Gasteiger partial charge in [0.05, 0.1) is 17.8 Å². The fourth-order valence-corrected chi connectivity index (χ4v) is 4.94. The Kier molecular flexibility index (Phi) is 5.40. The molecule has 0 fully saturated rings. The van der Waals surface area contributed by atoms with Crippen molar-refractivity contribution in [1.82, 2.24) is 4.98 Å². The van der Waals surface area contributed by atoms with E-state index >= 15 is 0 Å².